The second-order valence-corrected chi connectivity index (χ2v) is 6.06. The lowest BCUT2D eigenvalue weighted by atomic mass is 10.1. The number of rotatable bonds is 8. The van der Waals surface area contributed by atoms with Crippen molar-refractivity contribution in [3.63, 3.8) is 0 Å². The summed E-state index contributed by atoms with van der Waals surface area (Å²) in [4.78, 5) is 14.7. The monoisotopic (exact) mass is 346 g/mol. The quantitative estimate of drug-likeness (QED) is 0.790. The number of nitrogens with one attached hydrogen (secondary N) is 1. The van der Waals surface area contributed by atoms with Gasteiger partial charge in [0.05, 0.1) is 12.6 Å². The Kier molecular flexibility index (Phi) is 7.25. The number of methoxy groups -OCH3 is 1. The van der Waals surface area contributed by atoms with Gasteiger partial charge in [0.2, 0.25) is 5.91 Å². The molecule has 128 valence electrons. The van der Waals surface area contributed by atoms with Crippen LogP contribution >= 0.6 is 11.6 Å². The number of hydrogen-bond acceptors (Lipinski definition) is 3. The molecule has 0 saturated carbocycles. The standard InChI is InChI=1S/C19H23ClN2O2/c1-15(19(23)21-18-10-8-17(20)9-11-18)22(12-13-24-2)14-16-6-4-3-5-7-16/h3-11,15H,12-14H2,1-2H3,(H,21,23)/t15-/m1/s1. The Balaban J connectivity index is 2.03. The second-order valence-electron chi connectivity index (χ2n) is 5.62. The van der Waals surface area contributed by atoms with Gasteiger partial charge < -0.3 is 10.1 Å². The number of carbonyl (C=O) groups excluding carboxylic acids is 1. The number of halogens is 1. The summed E-state index contributed by atoms with van der Waals surface area (Å²) < 4.78 is 5.18. The predicted octanol–water partition coefficient (Wildman–Crippen LogP) is 3.82. The van der Waals surface area contributed by atoms with E-state index in [4.69, 9.17) is 16.3 Å². The van der Waals surface area contributed by atoms with Crippen molar-refractivity contribution in [1.82, 2.24) is 4.90 Å². The van der Waals surface area contributed by atoms with Crippen LogP contribution < -0.4 is 5.32 Å². The maximum absolute atomic E-state index is 12.6. The van der Waals surface area contributed by atoms with Crippen LogP contribution in [0.1, 0.15) is 12.5 Å². The summed E-state index contributed by atoms with van der Waals surface area (Å²) in [6.45, 7) is 3.86. The summed E-state index contributed by atoms with van der Waals surface area (Å²) in [6.07, 6.45) is 0. The minimum Gasteiger partial charge on any atom is -0.383 e. The first kappa shape index (κ1) is 18.5. The van der Waals surface area contributed by atoms with Gasteiger partial charge in [-0.2, -0.15) is 0 Å². The summed E-state index contributed by atoms with van der Waals surface area (Å²) in [5.74, 6) is -0.0515. The topological polar surface area (TPSA) is 41.6 Å². The number of anilines is 1. The highest BCUT2D eigenvalue weighted by molar-refractivity contribution is 6.30. The van der Waals surface area contributed by atoms with Crippen LogP contribution in [0.25, 0.3) is 0 Å². The molecule has 0 aromatic heterocycles. The third-order valence-corrected chi connectivity index (χ3v) is 4.10. The van der Waals surface area contributed by atoms with Gasteiger partial charge in [0.1, 0.15) is 0 Å². The molecule has 0 aliphatic carbocycles. The lowest BCUT2D eigenvalue weighted by molar-refractivity contribution is -0.121. The van der Waals surface area contributed by atoms with Crippen molar-refractivity contribution < 1.29 is 9.53 Å². The third kappa shape index (κ3) is 5.64. The number of hydrogen-bond donors (Lipinski definition) is 1. The Morgan fingerprint density at radius 2 is 1.83 bits per heavy atom. The van der Waals surface area contributed by atoms with E-state index < -0.39 is 0 Å². The molecule has 0 unspecified atom stereocenters. The fraction of sp³-hybridized carbons (Fsp3) is 0.316. The number of nitrogens with zero attached hydrogens (tertiary/aromatic N) is 1. The molecular formula is C19H23ClN2O2. The van der Waals surface area contributed by atoms with Crippen molar-refractivity contribution in [2.75, 3.05) is 25.6 Å². The van der Waals surface area contributed by atoms with Gasteiger partial charge in [-0.25, -0.2) is 0 Å². The molecule has 2 aromatic carbocycles. The van der Waals surface area contributed by atoms with Crippen molar-refractivity contribution in [2.45, 2.75) is 19.5 Å². The van der Waals surface area contributed by atoms with E-state index in [0.29, 0.717) is 24.7 Å². The smallest absolute Gasteiger partial charge is 0.241 e. The largest absolute Gasteiger partial charge is 0.383 e. The average molecular weight is 347 g/mol. The third-order valence-electron chi connectivity index (χ3n) is 3.85. The molecular weight excluding hydrogens is 324 g/mol. The molecule has 24 heavy (non-hydrogen) atoms. The zero-order chi connectivity index (χ0) is 17.4. The van der Waals surface area contributed by atoms with E-state index in [9.17, 15) is 4.79 Å². The maximum Gasteiger partial charge on any atom is 0.241 e. The van der Waals surface area contributed by atoms with Gasteiger partial charge in [0.15, 0.2) is 0 Å². The van der Waals surface area contributed by atoms with Crippen LogP contribution in [0.2, 0.25) is 5.02 Å². The lowest BCUT2D eigenvalue weighted by Gasteiger charge is -2.28. The molecule has 1 amide bonds. The summed E-state index contributed by atoms with van der Waals surface area (Å²) >= 11 is 5.87. The van der Waals surface area contributed by atoms with Crippen molar-refractivity contribution in [1.29, 1.82) is 0 Å². The molecule has 0 fully saturated rings. The van der Waals surface area contributed by atoms with Crippen LogP contribution in [0.15, 0.2) is 54.6 Å². The summed E-state index contributed by atoms with van der Waals surface area (Å²) in [5.41, 5.74) is 1.90. The van der Waals surface area contributed by atoms with Crippen LogP contribution in [0.5, 0.6) is 0 Å². The summed E-state index contributed by atoms with van der Waals surface area (Å²) in [5, 5.41) is 3.58. The fourth-order valence-electron chi connectivity index (χ4n) is 2.38. The van der Waals surface area contributed by atoms with E-state index in [1.807, 2.05) is 25.1 Å². The lowest BCUT2D eigenvalue weighted by Crippen LogP contribution is -2.43. The normalized spacial score (nSPS) is 12.2. The first-order valence-electron chi connectivity index (χ1n) is 7.93. The zero-order valence-corrected chi connectivity index (χ0v) is 14.8. The van der Waals surface area contributed by atoms with Gasteiger partial charge in [0, 0.05) is 30.9 Å². The second kappa shape index (κ2) is 9.42. The van der Waals surface area contributed by atoms with E-state index in [1.54, 1.807) is 31.4 Å². The van der Waals surface area contributed by atoms with Crippen LogP contribution in [0, 0.1) is 0 Å². The Bertz CT molecular complexity index is 632. The molecule has 5 heteroatoms. The van der Waals surface area contributed by atoms with Crippen molar-refractivity contribution >= 4 is 23.2 Å². The molecule has 2 rings (SSSR count). The molecule has 0 aliphatic rings. The van der Waals surface area contributed by atoms with Crippen LogP contribution in [-0.4, -0.2) is 37.1 Å². The molecule has 0 bridgehead atoms. The molecule has 0 spiro atoms. The molecule has 4 nitrogen and oxygen atoms in total. The molecule has 0 heterocycles. The van der Waals surface area contributed by atoms with E-state index in [2.05, 4.69) is 22.3 Å². The molecule has 2 aromatic rings. The van der Waals surface area contributed by atoms with Crippen molar-refractivity contribution in [3.05, 3.63) is 65.2 Å². The average Bonchev–Trinajstić information content (AvgIpc) is 2.60. The summed E-state index contributed by atoms with van der Waals surface area (Å²) in [7, 11) is 1.67. The first-order valence-corrected chi connectivity index (χ1v) is 8.31. The Labute approximate surface area is 148 Å². The minimum absolute atomic E-state index is 0.0515. The predicted molar refractivity (Wildman–Crippen MR) is 98.3 cm³/mol. The highest BCUT2D eigenvalue weighted by Gasteiger charge is 2.21. The molecule has 0 aliphatic heterocycles. The SMILES string of the molecule is COCCN(Cc1ccccc1)[C@H](C)C(=O)Nc1ccc(Cl)cc1. The van der Waals surface area contributed by atoms with E-state index in [-0.39, 0.29) is 11.9 Å². The number of ether oxygens (including phenoxy) is 1. The fourth-order valence-corrected chi connectivity index (χ4v) is 2.51. The van der Waals surface area contributed by atoms with Gasteiger partial charge >= 0.3 is 0 Å². The molecule has 1 N–H and O–H groups in total. The van der Waals surface area contributed by atoms with Gasteiger partial charge in [-0.3, -0.25) is 9.69 Å². The Morgan fingerprint density at radius 1 is 1.17 bits per heavy atom. The van der Waals surface area contributed by atoms with Gasteiger partial charge in [-0.1, -0.05) is 41.9 Å². The highest BCUT2D eigenvalue weighted by Crippen LogP contribution is 2.15. The molecule has 1 atom stereocenters. The summed E-state index contributed by atoms with van der Waals surface area (Å²) in [6, 6.07) is 16.9. The molecule has 0 radical (unpaired) electrons. The van der Waals surface area contributed by atoms with Gasteiger partial charge in [0.25, 0.3) is 0 Å². The minimum atomic E-state index is -0.281. The Morgan fingerprint density at radius 3 is 2.46 bits per heavy atom. The van der Waals surface area contributed by atoms with Crippen LogP contribution in [0.3, 0.4) is 0 Å². The van der Waals surface area contributed by atoms with Gasteiger partial charge in [-0.05, 0) is 36.8 Å². The van der Waals surface area contributed by atoms with Gasteiger partial charge in [-0.15, -0.1) is 0 Å². The van der Waals surface area contributed by atoms with Crippen LogP contribution in [-0.2, 0) is 16.1 Å². The van der Waals surface area contributed by atoms with Crippen LogP contribution in [0.4, 0.5) is 5.69 Å². The van der Waals surface area contributed by atoms with Crippen molar-refractivity contribution in [3.8, 4) is 0 Å². The number of carbonyl (C=O) groups is 1. The van der Waals surface area contributed by atoms with E-state index >= 15 is 0 Å². The number of benzene rings is 2. The van der Waals surface area contributed by atoms with Crippen molar-refractivity contribution in [2.24, 2.45) is 0 Å². The number of amides is 1. The van der Waals surface area contributed by atoms with E-state index in [0.717, 1.165) is 5.69 Å². The highest BCUT2D eigenvalue weighted by atomic mass is 35.5. The zero-order valence-electron chi connectivity index (χ0n) is 14.0. The maximum atomic E-state index is 12.6. The van der Waals surface area contributed by atoms with E-state index in [1.165, 1.54) is 5.56 Å². The molecule has 0 saturated heterocycles. The first-order chi connectivity index (χ1) is 11.6. The Hall–Kier alpha value is -1.88.